The quantitative estimate of drug-likeness (QED) is 0.448. The fourth-order valence-corrected chi connectivity index (χ4v) is 6.08. The first-order valence-electron chi connectivity index (χ1n) is 10.7. The molecule has 2 aromatic rings. The number of piperidine rings is 1. The largest absolute Gasteiger partial charge is 0.383 e. The van der Waals surface area contributed by atoms with E-state index >= 15 is 0 Å². The fourth-order valence-electron chi connectivity index (χ4n) is 4.81. The minimum absolute atomic E-state index is 0.0985. The van der Waals surface area contributed by atoms with E-state index in [2.05, 4.69) is 20.8 Å². The van der Waals surface area contributed by atoms with Crippen LogP contribution in [0.2, 0.25) is 0 Å². The van der Waals surface area contributed by atoms with Gasteiger partial charge in [-0.25, -0.2) is 4.98 Å². The Balaban J connectivity index is 1.55. The maximum atomic E-state index is 13.1. The number of ether oxygens (including phenoxy) is 1. The van der Waals surface area contributed by atoms with Gasteiger partial charge < -0.3 is 9.64 Å². The van der Waals surface area contributed by atoms with Crippen LogP contribution in [-0.4, -0.2) is 52.4 Å². The molecule has 162 valence electrons. The molecule has 8 heteroatoms. The number of amides is 1. The van der Waals surface area contributed by atoms with Crippen molar-refractivity contribution in [2.24, 2.45) is 5.92 Å². The van der Waals surface area contributed by atoms with E-state index in [1.807, 2.05) is 12.1 Å². The van der Waals surface area contributed by atoms with Gasteiger partial charge in [-0.2, -0.15) is 0 Å². The highest BCUT2D eigenvalue weighted by Crippen LogP contribution is 2.35. The summed E-state index contributed by atoms with van der Waals surface area (Å²) in [6.07, 6.45) is 7.24. The second-order valence-electron chi connectivity index (χ2n) is 8.14. The van der Waals surface area contributed by atoms with Gasteiger partial charge in [-0.3, -0.25) is 14.2 Å². The fraction of sp³-hybridized carbons (Fsp3) is 0.591. The predicted molar refractivity (Wildman–Crippen MR) is 123 cm³/mol. The zero-order valence-electron chi connectivity index (χ0n) is 17.3. The molecule has 2 heterocycles. The second kappa shape index (κ2) is 9.83. The minimum atomic E-state index is -0.0985. The predicted octanol–water partition coefficient (Wildman–Crippen LogP) is 4.08. The van der Waals surface area contributed by atoms with Crippen molar-refractivity contribution in [2.75, 3.05) is 26.0 Å². The van der Waals surface area contributed by atoms with Crippen molar-refractivity contribution in [1.29, 1.82) is 0 Å². The zero-order chi connectivity index (χ0) is 21.1. The summed E-state index contributed by atoms with van der Waals surface area (Å²) in [5, 5.41) is 1.15. The molecule has 6 nitrogen and oxygen atoms in total. The van der Waals surface area contributed by atoms with E-state index in [4.69, 9.17) is 9.72 Å². The van der Waals surface area contributed by atoms with Gasteiger partial charge in [0.2, 0.25) is 5.91 Å². The molecule has 0 bridgehead atoms. The third-order valence-electron chi connectivity index (χ3n) is 6.29. The van der Waals surface area contributed by atoms with Crippen LogP contribution in [0.15, 0.2) is 32.6 Å². The summed E-state index contributed by atoms with van der Waals surface area (Å²) in [6, 6.07) is 5.91. The molecule has 0 radical (unpaired) electrons. The molecule has 1 saturated carbocycles. The average Bonchev–Trinajstić information content (AvgIpc) is 2.77. The molecule has 1 amide bonds. The summed E-state index contributed by atoms with van der Waals surface area (Å²) in [5.74, 6) is 1.14. The van der Waals surface area contributed by atoms with Gasteiger partial charge >= 0.3 is 0 Å². The molecule has 0 unspecified atom stereocenters. The number of carbonyl (C=O) groups is 1. The van der Waals surface area contributed by atoms with Crippen molar-refractivity contribution in [1.82, 2.24) is 14.5 Å². The Bertz CT molecular complexity index is 978. The van der Waals surface area contributed by atoms with Crippen molar-refractivity contribution in [3.8, 4) is 0 Å². The Morgan fingerprint density at radius 1 is 1.27 bits per heavy atom. The normalized spacial score (nSPS) is 21.6. The molecule has 1 aromatic heterocycles. The average molecular weight is 494 g/mol. The molecule has 2 fully saturated rings. The number of aromatic nitrogens is 2. The number of benzene rings is 1. The second-order valence-corrected chi connectivity index (χ2v) is 9.99. The summed E-state index contributed by atoms with van der Waals surface area (Å²) >= 11 is 4.79. The number of hydrogen-bond acceptors (Lipinski definition) is 5. The maximum absolute atomic E-state index is 13.1. The summed E-state index contributed by atoms with van der Waals surface area (Å²) < 4.78 is 7.67. The molecule has 1 aromatic carbocycles. The van der Waals surface area contributed by atoms with Gasteiger partial charge in [0.1, 0.15) is 0 Å². The van der Waals surface area contributed by atoms with Crippen LogP contribution in [0.25, 0.3) is 10.9 Å². The maximum Gasteiger partial charge on any atom is 0.262 e. The van der Waals surface area contributed by atoms with Crippen LogP contribution < -0.4 is 5.56 Å². The molecule has 0 N–H and O–H groups in total. The van der Waals surface area contributed by atoms with Gasteiger partial charge in [-0.05, 0) is 49.8 Å². The van der Waals surface area contributed by atoms with Gasteiger partial charge in [0.25, 0.3) is 5.56 Å². The van der Waals surface area contributed by atoms with E-state index in [9.17, 15) is 9.59 Å². The Kier molecular flexibility index (Phi) is 7.16. The number of carbonyl (C=O) groups excluding carboxylic acids is 1. The Labute approximate surface area is 189 Å². The number of nitrogens with zero attached hydrogens (tertiary/aromatic N) is 3. The lowest BCUT2D eigenvalue weighted by Crippen LogP contribution is -2.50. The van der Waals surface area contributed by atoms with Gasteiger partial charge in [0.05, 0.1) is 29.8 Å². The molecule has 2 aliphatic rings. The lowest BCUT2D eigenvalue weighted by molar-refractivity contribution is -0.134. The van der Waals surface area contributed by atoms with Crippen LogP contribution in [0.5, 0.6) is 0 Å². The molecule has 1 aliphatic heterocycles. The van der Waals surface area contributed by atoms with Crippen molar-refractivity contribution >= 4 is 44.5 Å². The molecule has 0 spiro atoms. The number of fused-ring (bicyclic) bond motifs is 2. The van der Waals surface area contributed by atoms with Crippen molar-refractivity contribution in [3.05, 3.63) is 33.0 Å². The van der Waals surface area contributed by atoms with Crippen molar-refractivity contribution in [3.63, 3.8) is 0 Å². The number of methoxy groups -OCH3 is 1. The number of halogens is 1. The summed E-state index contributed by atoms with van der Waals surface area (Å²) in [7, 11) is 1.61. The molecule has 1 saturated heterocycles. The minimum Gasteiger partial charge on any atom is -0.383 e. The smallest absolute Gasteiger partial charge is 0.262 e. The zero-order valence-corrected chi connectivity index (χ0v) is 19.7. The van der Waals surface area contributed by atoms with Gasteiger partial charge in [0, 0.05) is 24.2 Å². The van der Waals surface area contributed by atoms with E-state index in [0.29, 0.717) is 46.9 Å². The van der Waals surface area contributed by atoms with E-state index < -0.39 is 0 Å². The number of hydrogen-bond donors (Lipinski definition) is 0. The first-order chi connectivity index (χ1) is 14.6. The number of likely N-dealkylation sites (tertiary alicyclic amines) is 1. The van der Waals surface area contributed by atoms with Crippen LogP contribution in [0.1, 0.15) is 38.5 Å². The molecule has 30 heavy (non-hydrogen) atoms. The topological polar surface area (TPSA) is 64.4 Å². The van der Waals surface area contributed by atoms with Crippen LogP contribution in [0.4, 0.5) is 0 Å². The molecule has 1 aliphatic carbocycles. The summed E-state index contributed by atoms with van der Waals surface area (Å²) in [6.45, 7) is 1.68. The van der Waals surface area contributed by atoms with E-state index in [-0.39, 0.29) is 11.5 Å². The Hall–Kier alpha value is -1.38. The standard InChI is InChI=1S/C22H28BrN3O3S/c1-29-12-11-26-21(28)17-13-16(23)8-9-18(17)24-22(26)30-14-20(27)25-10-4-6-15-5-2-3-7-19(15)25/h8-9,13,15,19H,2-7,10-12,14H2,1H3/t15-,19-/m1/s1. The monoisotopic (exact) mass is 493 g/mol. The number of thioether (sulfide) groups is 1. The van der Waals surface area contributed by atoms with Crippen LogP contribution in [0.3, 0.4) is 0 Å². The lowest BCUT2D eigenvalue weighted by Gasteiger charge is -2.44. The molecular weight excluding hydrogens is 466 g/mol. The van der Waals surface area contributed by atoms with E-state index in [1.165, 1.54) is 37.4 Å². The molecule has 4 rings (SSSR count). The summed E-state index contributed by atoms with van der Waals surface area (Å²) in [4.78, 5) is 33.0. The lowest BCUT2D eigenvalue weighted by atomic mass is 9.78. The van der Waals surface area contributed by atoms with E-state index in [1.54, 1.807) is 17.7 Å². The molecule has 2 atom stereocenters. The van der Waals surface area contributed by atoms with Crippen molar-refractivity contribution < 1.29 is 9.53 Å². The summed E-state index contributed by atoms with van der Waals surface area (Å²) in [5.41, 5.74) is 0.552. The third kappa shape index (κ3) is 4.60. The van der Waals surface area contributed by atoms with Crippen molar-refractivity contribution in [2.45, 2.75) is 56.3 Å². The first-order valence-corrected chi connectivity index (χ1v) is 12.5. The SMILES string of the molecule is COCCn1c(SCC(=O)N2CCC[C@H]3CCCC[C@H]32)nc2ccc(Br)cc2c1=O. The third-order valence-corrected chi connectivity index (χ3v) is 7.74. The Morgan fingerprint density at radius 2 is 2.07 bits per heavy atom. The molecular formula is C22H28BrN3O3S. The van der Waals surface area contributed by atoms with Crippen LogP contribution in [0, 0.1) is 5.92 Å². The van der Waals surface area contributed by atoms with Gasteiger partial charge in [-0.15, -0.1) is 0 Å². The first kappa shape index (κ1) is 21.8. The van der Waals surface area contributed by atoms with Gasteiger partial charge in [0.15, 0.2) is 5.16 Å². The van der Waals surface area contributed by atoms with Gasteiger partial charge in [-0.1, -0.05) is 40.5 Å². The highest BCUT2D eigenvalue weighted by Gasteiger charge is 2.35. The van der Waals surface area contributed by atoms with Crippen LogP contribution in [-0.2, 0) is 16.1 Å². The van der Waals surface area contributed by atoms with E-state index in [0.717, 1.165) is 23.9 Å². The number of rotatable bonds is 6. The van der Waals surface area contributed by atoms with Crippen LogP contribution >= 0.6 is 27.7 Å². The highest BCUT2D eigenvalue weighted by molar-refractivity contribution is 9.10. The Morgan fingerprint density at radius 3 is 2.90 bits per heavy atom. The highest BCUT2D eigenvalue weighted by atomic mass is 79.9.